The smallest absolute Gasteiger partial charge is 0.261 e. The minimum Gasteiger partial charge on any atom is -0.495 e. The number of hydrogen-bond acceptors (Lipinski definition) is 6. The van der Waals surface area contributed by atoms with Crippen LogP contribution in [0.2, 0.25) is 0 Å². The highest BCUT2D eigenvalue weighted by Gasteiger charge is 2.23. The van der Waals surface area contributed by atoms with Crippen LogP contribution in [0.1, 0.15) is 21.7 Å². The highest BCUT2D eigenvalue weighted by Crippen LogP contribution is 2.29. The van der Waals surface area contributed by atoms with Crippen molar-refractivity contribution in [3.05, 3.63) is 47.4 Å². The number of carbonyl (C=O) groups excluding carboxylic acids is 1. The Bertz CT molecular complexity index is 1170. The van der Waals surface area contributed by atoms with Crippen LogP contribution in [0.15, 0.2) is 35.4 Å². The van der Waals surface area contributed by atoms with E-state index in [1.165, 1.54) is 39.5 Å². The summed E-state index contributed by atoms with van der Waals surface area (Å²) in [5, 5.41) is 6.91. The highest BCUT2D eigenvalue weighted by molar-refractivity contribution is 7.89. The van der Waals surface area contributed by atoms with Crippen LogP contribution in [-0.4, -0.2) is 54.4 Å². The van der Waals surface area contributed by atoms with E-state index in [1.807, 2.05) is 19.9 Å². The number of nitrogens with zero attached hydrogens (tertiary/aromatic N) is 4. The number of carbonyl (C=O) groups is 1. The summed E-state index contributed by atoms with van der Waals surface area (Å²) in [6.45, 7) is 3.71. The SMILES string of the molecule is COc1ccc(NC(=O)c2cnn3c(C)cc(C)nc23)cc1S(=O)(=O)N(C)C. The van der Waals surface area contributed by atoms with Gasteiger partial charge in [-0.1, -0.05) is 0 Å². The molecule has 9 nitrogen and oxygen atoms in total. The number of sulfonamides is 1. The van der Waals surface area contributed by atoms with Crippen LogP contribution in [0.4, 0.5) is 5.69 Å². The topological polar surface area (TPSA) is 106 Å². The second-order valence-electron chi connectivity index (χ2n) is 6.44. The van der Waals surface area contributed by atoms with Gasteiger partial charge in [-0.15, -0.1) is 0 Å². The number of hydrogen-bond donors (Lipinski definition) is 1. The summed E-state index contributed by atoms with van der Waals surface area (Å²) < 4.78 is 32.9. The first-order chi connectivity index (χ1) is 13.1. The van der Waals surface area contributed by atoms with Gasteiger partial charge in [0.2, 0.25) is 10.0 Å². The van der Waals surface area contributed by atoms with Crippen molar-refractivity contribution in [2.75, 3.05) is 26.5 Å². The third kappa shape index (κ3) is 3.43. The molecular weight excluding hydrogens is 382 g/mol. The van der Waals surface area contributed by atoms with E-state index in [0.29, 0.717) is 16.9 Å². The zero-order valence-electron chi connectivity index (χ0n) is 16.2. The summed E-state index contributed by atoms with van der Waals surface area (Å²) in [6, 6.07) is 6.29. The van der Waals surface area contributed by atoms with Crippen LogP contribution in [0, 0.1) is 13.8 Å². The summed E-state index contributed by atoms with van der Waals surface area (Å²) in [5.74, 6) is -0.249. The van der Waals surface area contributed by atoms with Crippen LogP contribution >= 0.6 is 0 Å². The number of ether oxygens (including phenoxy) is 1. The van der Waals surface area contributed by atoms with Crippen molar-refractivity contribution in [2.45, 2.75) is 18.7 Å². The van der Waals surface area contributed by atoms with E-state index in [4.69, 9.17) is 4.74 Å². The Kier molecular flexibility index (Phi) is 5.09. The normalized spacial score (nSPS) is 11.8. The summed E-state index contributed by atoms with van der Waals surface area (Å²) in [7, 11) is 0.489. The predicted octanol–water partition coefficient (Wildman–Crippen LogP) is 1.86. The molecule has 0 fully saturated rings. The Morgan fingerprint density at radius 3 is 2.57 bits per heavy atom. The van der Waals surface area contributed by atoms with Gasteiger partial charge in [0.05, 0.1) is 13.3 Å². The first-order valence-electron chi connectivity index (χ1n) is 8.39. The van der Waals surface area contributed by atoms with Gasteiger partial charge in [0.15, 0.2) is 5.65 Å². The van der Waals surface area contributed by atoms with Gasteiger partial charge in [-0.05, 0) is 38.1 Å². The number of rotatable bonds is 5. The fourth-order valence-electron chi connectivity index (χ4n) is 2.78. The molecule has 0 aliphatic heterocycles. The number of aryl methyl sites for hydroxylation is 2. The van der Waals surface area contributed by atoms with Gasteiger partial charge in [-0.3, -0.25) is 4.79 Å². The molecule has 0 aliphatic rings. The van der Waals surface area contributed by atoms with E-state index in [-0.39, 0.29) is 10.6 Å². The second kappa shape index (κ2) is 7.21. The van der Waals surface area contributed by atoms with E-state index in [2.05, 4.69) is 15.4 Å². The highest BCUT2D eigenvalue weighted by atomic mass is 32.2. The number of nitrogens with one attached hydrogen (secondary N) is 1. The molecular formula is C18H21N5O4S. The molecule has 1 aromatic carbocycles. The average Bonchev–Trinajstić information content (AvgIpc) is 3.05. The molecule has 148 valence electrons. The maximum absolute atomic E-state index is 12.8. The van der Waals surface area contributed by atoms with Crippen molar-refractivity contribution in [1.82, 2.24) is 18.9 Å². The molecule has 0 atom stereocenters. The number of fused-ring (bicyclic) bond motifs is 1. The number of amides is 1. The summed E-state index contributed by atoms with van der Waals surface area (Å²) in [5.41, 5.74) is 2.66. The zero-order chi connectivity index (χ0) is 20.6. The third-order valence-electron chi connectivity index (χ3n) is 4.20. The maximum Gasteiger partial charge on any atom is 0.261 e. The van der Waals surface area contributed by atoms with E-state index in [9.17, 15) is 13.2 Å². The molecule has 2 aromatic heterocycles. The standard InChI is InChI=1S/C18H21N5O4S/c1-11-8-12(2)23-17(20-11)14(10-19-23)18(24)21-13-6-7-15(27-5)16(9-13)28(25,26)22(3)4/h6-10H,1-5H3,(H,21,24). The van der Waals surface area contributed by atoms with Gasteiger partial charge in [0.1, 0.15) is 16.2 Å². The first kappa shape index (κ1) is 19.8. The molecule has 28 heavy (non-hydrogen) atoms. The molecule has 0 spiro atoms. The largest absolute Gasteiger partial charge is 0.495 e. The minimum atomic E-state index is -3.75. The summed E-state index contributed by atoms with van der Waals surface area (Å²) >= 11 is 0. The molecule has 0 saturated carbocycles. The minimum absolute atomic E-state index is 0.0394. The fourth-order valence-corrected chi connectivity index (χ4v) is 3.86. The van der Waals surface area contributed by atoms with Gasteiger partial charge in [-0.2, -0.15) is 5.10 Å². The van der Waals surface area contributed by atoms with Gasteiger partial charge in [0.25, 0.3) is 5.91 Å². The fraction of sp³-hybridized carbons (Fsp3) is 0.278. The lowest BCUT2D eigenvalue weighted by molar-refractivity contribution is 0.102. The lowest BCUT2D eigenvalue weighted by Gasteiger charge is -2.15. The summed E-state index contributed by atoms with van der Waals surface area (Å²) in [6.07, 6.45) is 1.44. The molecule has 1 N–H and O–H groups in total. The Morgan fingerprint density at radius 2 is 1.93 bits per heavy atom. The molecule has 3 aromatic rings. The number of methoxy groups -OCH3 is 1. The van der Waals surface area contributed by atoms with E-state index in [0.717, 1.165) is 15.7 Å². The van der Waals surface area contributed by atoms with Gasteiger partial charge < -0.3 is 10.1 Å². The van der Waals surface area contributed by atoms with Crippen molar-refractivity contribution in [3.8, 4) is 5.75 Å². The number of anilines is 1. The van der Waals surface area contributed by atoms with Crippen molar-refractivity contribution in [2.24, 2.45) is 0 Å². The maximum atomic E-state index is 12.8. The van der Waals surface area contributed by atoms with Crippen molar-refractivity contribution < 1.29 is 17.9 Å². The van der Waals surface area contributed by atoms with E-state index in [1.54, 1.807) is 10.6 Å². The van der Waals surface area contributed by atoms with Crippen LogP contribution < -0.4 is 10.1 Å². The third-order valence-corrected chi connectivity index (χ3v) is 6.04. The van der Waals surface area contributed by atoms with Crippen LogP contribution in [0.5, 0.6) is 5.75 Å². The number of benzene rings is 1. The molecule has 0 unspecified atom stereocenters. The molecule has 3 rings (SSSR count). The monoisotopic (exact) mass is 403 g/mol. The predicted molar refractivity (Wildman–Crippen MR) is 104 cm³/mol. The Morgan fingerprint density at radius 1 is 1.21 bits per heavy atom. The molecule has 0 aliphatic carbocycles. The van der Waals surface area contributed by atoms with Gasteiger partial charge in [-0.25, -0.2) is 22.2 Å². The van der Waals surface area contributed by atoms with Crippen LogP contribution in [-0.2, 0) is 10.0 Å². The van der Waals surface area contributed by atoms with Crippen molar-refractivity contribution in [1.29, 1.82) is 0 Å². The Balaban J connectivity index is 2.00. The zero-order valence-corrected chi connectivity index (χ0v) is 17.0. The summed E-state index contributed by atoms with van der Waals surface area (Å²) in [4.78, 5) is 17.1. The lowest BCUT2D eigenvalue weighted by atomic mass is 10.2. The van der Waals surface area contributed by atoms with Crippen LogP contribution in [0.25, 0.3) is 5.65 Å². The van der Waals surface area contributed by atoms with E-state index < -0.39 is 15.9 Å². The molecule has 2 heterocycles. The second-order valence-corrected chi connectivity index (χ2v) is 8.56. The number of aromatic nitrogens is 3. The molecule has 0 saturated heterocycles. The quantitative estimate of drug-likeness (QED) is 0.697. The molecule has 1 amide bonds. The Hall–Kier alpha value is -2.98. The van der Waals surface area contributed by atoms with Gasteiger partial charge in [0, 0.05) is 31.2 Å². The van der Waals surface area contributed by atoms with E-state index >= 15 is 0 Å². The first-order valence-corrected chi connectivity index (χ1v) is 9.83. The molecule has 0 bridgehead atoms. The molecule has 10 heteroatoms. The lowest BCUT2D eigenvalue weighted by Crippen LogP contribution is -2.23. The molecule has 0 radical (unpaired) electrons. The Labute approximate surface area is 163 Å². The van der Waals surface area contributed by atoms with Gasteiger partial charge >= 0.3 is 0 Å². The van der Waals surface area contributed by atoms with Crippen molar-refractivity contribution in [3.63, 3.8) is 0 Å². The van der Waals surface area contributed by atoms with Crippen LogP contribution in [0.3, 0.4) is 0 Å². The average molecular weight is 403 g/mol. The van der Waals surface area contributed by atoms with Crippen molar-refractivity contribution >= 4 is 27.3 Å².